The van der Waals surface area contributed by atoms with Crippen LogP contribution in [0.15, 0.2) is 133 Å². The second kappa shape index (κ2) is 19.6. The van der Waals surface area contributed by atoms with E-state index >= 15 is 0 Å². The summed E-state index contributed by atoms with van der Waals surface area (Å²) in [6.07, 6.45) is 10.5. The molecule has 0 saturated heterocycles. The first-order valence-corrected chi connectivity index (χ1v) is 26.4. The van der Waals surface area contributed by atoms with Gasteiger partial charge in [0.1, 0.15) is 0 Å². The summed E-state index contributed by atoms with van der Waals surface area (Å²) in [7, 11) is 0. The van der Waals surface area contributed by atoms with Gasteiger partial charge in [-0.15, -0.1) is 0 Å². The molecule has 0 atom stereocenters. The Hall–Kier alpha value is -5.67. The number of nitrogens with zero attached hydrogens (tertiary/aromatic N) is 3. The van der Waals surface area contributed by atoms with Gasteiger partial charge in [0, 0.05) is 16.7 Å². The van der Waals surface area contributed by atoms with E-state index in [1.54, 1.807) is 0 Å². The van der Waals surface area contributed by atoms with Gasteiger partial charge in [0.25, 0.3) is 0 Å². The van der Waals surface area contributed by atoms with Gasteiger partial charge in [-0.1, -0.05) is 243 Å². The SMILES string of the molecule is CCCCCCc1ccc(C2(c3ccc(-c4nc(-c5ccc(C(C)(C)C)cc5)nc(-c5ccc(C(C)(C)C)cc5)n4)cc3)c3cc(C(C)(CC)CC)ccc3-c3ccc(C(C)(CC)CC)cc32)cc1. The third-order valence-electron chi connectivity index (χ3n) is 16.6. The lowest BCUT2D eigenvalue weighted by atomic mass is 9.65. The quantitative estimate of drug-likeness (QED) is 0.0907. The molecule has 0 fully saturated rings. The fourth-order valence-corrected chi connectivity index (χ4v) is 10.7. The molecule has 1 aliphatic carbocycles. The van der Waals surface area contributed by atoms with Crippen molar-refractivity contribution in [3.8, 4) is 45.3 Å². The van der Waals surface area contributed by atoms with Gasteiger partial charge >= 0.3 is 0 Å². The number of benzene rings is 6. The highest BCUT2D eigenvalue weighted by Crippen LogP contribution is 2.58. The molecule has 0 amide bonds. The van der Waals surface area contributed by atoms with E-state index in [1.165, 1.54) is 86.9 Å². The standard InChI is InChI=1S/C66H79N3/c1-14-19-20-21-22-45-23-31-51(32-24-45)66(57-43-53(64(12,15-2)16-3)39-41-55(57)56-42-40-54(44-58(56)66)65(13,17-4)18-5)52-37-29-48(30-38-52)61-68-59(46-25-33-49(34-26-46)62(6,7)8)67-60(69-61)47-27-35-50(36-28-47)63(9,10)11/h23-44H,14-22H2,1-13H3. The van der Waals surface area contributed by atoms with Crippen LogP contribution in [0.3, 0.4) is 0 Å². The van der Waals surface area contributed by atoms with Crippen molar-refractivity contribution in [2.45, 2.75) is 175 Å². The van der Waals surface area contributed by atoms with Crippen LogP contribution in [0.4, 0.5) is 0 Å². The first-order chi connectivity index (χ1) is 32.9. The molecule has 6 aromatic carbocycles. The number of rotatable bonds is 16. The maximum Gasteiger partial charge on any atom is 0.164 e. The van der Waals surface area contributed by atoms with Crippen LogP contribution in [-0.2, 0) is 33.5 Å². The Kier molecular flexibility index (Phi) is 14.1. The van der Waals surface area contributed by atoms with Crippen molar-refractivity contribution in [3.63, 3.8) is 0 Å². The summed E-state index contributed by atoms with van der Waals surface area (Å²) in [5.74, 6) is 2.02. The molecule has 1 heterocycles. The normalized spacial score (nSPS) is 13.6. The molecular formula is C66H79N3. The van der Waals surface area contributed by atoms with Crippen LogP contribution < -0.4 is 0 Å². The first-order valence-electron chi connectivity index (χ1n) is 26.4. The lowest BCUT2D eigenvalue weighted by Gasteiger charge is -2.37. The van der Waals surface area contributed by atoms with Gasteiger partial charge < -0.3 is 0 Å². The molecule has 7 aromatic rings. The van der Waals surface area contributed by atoms with Gasteiger partial charge in [-0.2, -0.15) is 0 Å². The summed E-state index contributed by atoms with van der Waals surface area (Å²) in [6.45, 7) is 30.1. The molecule has 0 N–H and O–H groups in total. The van der Waals surface area contributed by atoms with Crippen LogP contribution >= 0.6 is 0 Å². The number of hydrogen-bond acceptors (Lipinski definition) is 3. The third kappa shape index (κ3) is 9.52. The van der Waals surface area contributed by atoms with E-state index in [0.29, 0.717) is 17.5 Å². The largest absolute Gasteiger partial charge is 0.208 e. The van der Waals surface area contributed by atoms with E-state index in [2.05, 4.69) is 223 Å². The lowest BCUT2D eigenvalue weighted by Crippen LogP contribution is -2.30. The van der Waals surface area contributed by atoms with Crippen molar-refractivity contribution in [1.29, 1.82) is 0 Å². The fourth-order valence-electron chi connectivity index (χ4n) is 10.7. The molecule has 69 heavy (non-hydrogen) atoms. The number of fused-ring (bicyclic) bond motifs is 3. The molecule has 0 aliphatic heterocycles. The van der Waals surface area contributed by atoms with E-state index in [0.717, 1.165) is 48.8 Å². The third-order valence-corrected chi connectivity index (χ3v) is 16.6. The van der Waals surface area contributed by atoms with Crippen LogP contribution in [0.1, 0.15) is 191 Å². The highest BCUT2D eigenvalue weighted by molar-refractivity contribution is 5.87. The van der Waals surface area contributed by atoms with Gasteiger partial charge in [-0.25, -0.2) is 15.0 Å². The Morgan fingerprint density at radius 1 is 0.377 bits per heavy atom. The Labute approximate surface area is 416 Å². The Morgan fingerprint density at radius 2 is 0.725 bits per heavy atom. The molecule has 3 nitrogen and oxygen atoms in total. The minimum absolute atomic E-state index is 0.0406. The number of unbranched alkanes of at least 4 members (excludes halogenated alkanes) is 3. The minimum atomic E-state index is -0.556. The molecule has 0 unspecified atom stereocenters. The van der Waals surface area contributed by atoms with Crippen LogP contribution in [0, 0.1) is 0 Å². The molecule has 8 rings (SSSR count). The van der Waals surface area contributed by atoms with Crippen molar-refractivity contribution in [1.82, 2.24) is 15.0 Å². The maximum absolute atomic E-state index is 5.26. The highest BCUT2D eigenvalue weighted by atomic mass is 15.0. The van der Waals surface area contributed by atoms with Crippen LogP contribution in [0.25, 0.3) is 45.3 Å². The number of aromatic nitrogens is 3. The Balaban J connectivity index is 1.35. The predicted molar refractivity (Wildman–Crippen MR) is 295 cm³/mol. The highest BCUT2D eigenvalue weighted by Gasteiger charge is 2.47. The average Bonchev–Trinajstić information content (AvgIpc) is 3.66. The second-order valence-corrected chi connectivity index (χ2v) is 22.9. The molecule has 0 saturated carbocycles. The first kappa shape index (κ1) is 49.7. The topological polar surface area (TPSA) is 38.7 Å². The summed E-state index contributed by atoms with van der Waals surface area (Å²) >= 11 is 0. The Morgan fingerprint density at radius 3 is 1.07 bits per heavy atom. The lowest BCUT2D eigenvalue weighted by molar-refractivity contribution is 0.437. The molecular weight excluding hydrogens is 835 g/mol. The summed E-state index contributed by atoms with van der Waals surface area (Å²) in [4.78, 5) is 15.7. The smallest absolute Gasteiger partial charge is 0.164 e. The molecule has 0 radical (unpaired) electrons. The van der Waals surface area contributed by atoms with Crippen LogP contribution in [0.5, 0.6) is 0 Å². The van der Waals surface area contributed by atoms with Crippen molar-refractivity contribution in [3.05, 3.63) is 184 Å². The van der Waals surface area contributed by atoms with Gasteiger partial charge in [-0.3, -0.25) is 0 Å². The number of aryl methyl sites for hydroxylation is 1. The summed E-state index contributed by atoms with van der Waals surface area (Å²) < 4.78 is 0. The molecule has 1 aliphatic rings. The second-order valence-electron chi connectivity index (χ2n) is 22.9. The fraction of sp³-hybridized carbons (Fsp3) is 0.409. The van der Waals surface area contributed by atoms with Gasteiger partial charge in [0.2, 0.25) is 0 Å². The van der Waals surface area contributed by atoms with Gasteiger partial charge in [0.15, 0.2) is 17.5 Å². The predicted octanol–water partition coefficient (Wildman–Crippen LogP) is 18.1. The zero-order valence-electron chi connectivity index (χ0n) is 44.4. The van der Waals surface area contributed by atoms with Crippen molar-refractivity contribution < 1.29 is 0 Å². The zero-order valence-corrected chi connectivity index (χ0v) is 44.4. The molecule has 3 heteroatoms. The van der Waals surface area contributed by atoms with E-state index in [9.17, 15) is 0 Å². The summed E-state index contributed by atoms with van der Waals surface area (Å²) in [5, 5.41) is 0. The average molecular weight is 914 g/mol. The van der Waals surface area contributed by atoms with E-state index in [4.69, 9.17) is 15.0 Å². The summed E-state index contributed by atoms with van der Waals surface area (Å²) in [5.41, 5.74) is 17.4. The van der Waals surface area contributed by atoms with E-state index in [1.807, 2.05) is 0 Å². The number of hydrogen-bond donors (Lipinski definition) is 0. The maximum atomic E-state index is 5.26. The van der Waals surface area contributed by atoms with Crippen LogP contribution in [0.2, 0.25) is 0 Å². The van der Waals surface area contributed by atoms with Crippen molar-refractivity contribution in [2.75, 3.05) is 0 Å². The van der Waals surface area contributed by atoms with E-state index < -0.39 is 5.41 Å². The molecule has 0 spiro atoms. The van der Waals surface area contributed by atoms with Gasteiger partial charge in [-0.05, 0) is 121 Å². The molecule has 1 aromatic heterocycles. The molecule has 0 bridgehead atoms. The van der Waals surface area contributed by atoms with E-state index in [-0.39, 0.29) is 21.7 Å². The summed E-state index contributed by atoms with van der Waals surface area (Å²) in [6, 6.07) is 51.5. The minimum Gasteiger partial charge on any atom is -0.208 e. The van der Waals surface area contributed by atoms with Crippen LogP contribution in [-0.4, -0.2) is 15.0 Å². The van der Waals surface area contributed by atoms with Crippen molar-refractivity contribution >= 4 is 0 Å². The Bertz CT molecular complexity index is 2720. The monoisotopic (exact) mass is 914 g/mol. The van der Waals surface area contributed by atoms with Crippen molar-refractivity contribution in [2.24, 2.45) is 0 Å². The zero-order chi connectivity index (χ0) is 49.4. The molecule has 358 valence electrons. The van der Waals surface area contributed by atoms with Gasteiger partial charge in [0.05, 0.1) is 5.41 Å².